The summed E-state index contributed by atoms with van der Waals surface area (Å²) < 4.78 is 5.57. The number of amides is 3. The van der Waals surface area contributed by atoms with Gasteiger partial charge in [-0.3, -0.25) is 4.79 Å². The Hall–Kier alpha value is -3.22. The average Bonchev–Trinajstić information content (AvgIpc) is 2.81. The van der Waals surface area contributed by atoms with E-state index in [1.54, 1.807) is 12.1 Å². The second-order valence-electron chi connectivity index (χ2n) is 8.07. The molecule has 0 radical (unpaired) electrons. The summed E-state index contributed by atoms with van der Waals surface area (Å²) >= 11 is 0. The molecule has 2 aromatic carbocycles. The minimum absolute atomic E-state index is 0.0756. The van der Waals surface area contributed by atoms with Gasteiger partial charge in [-0.25, -0.2) is 4.79 Å². The number of hydrogen-bond acceptors (Lipinski definition) is 4. The minimum Gasteiger partial charge on any atom is -0.492 e. The van der Waals surface area contributed by atoms with E-state index in [0.29, 0.717) is 29.3 Å². The van der Waals surface area contributed by atoms with E-state index in [1.165, 1.54) is 6.42 Å². The smallest absolute Gasteiger partial charge is 0.323 e. The van der Waals surface area contributed by atoms with Crippen molar-refractivity contribution in [2.45, 2.75) is 52.5 Å². The van der Waals surface area contributed by atoms with Gasteiger partial charge >= 0.3 is 6.03 Å². The van der Waals surface area contributed by atoms with Crippen LogP contribution in [0.3, 0.4) is 0 Å². The zero-order valence-corrected chi connectivity index (χ0v) is 19.2. The highest BCUT2D eigenvalue weighted by atomic mass is 16.5. The maximum atomic E-state index is 13.0. The van der Waals surface area contributed by atoms with Gasteiger partial charge < -0.3 is 25.6 Å². The van der Waals surface area contributed by atoms with Crippen LogP contribution >= 0.6 is 0 Å². The number of rotatable bonds is 8. The van der Waals surface area contributed by atoms with E-state index in [-0.39, 0.29) is 11.9 Å². The van der Waals surface area contributed by atoms with Crippen LogP contribution in [0.5, 0.6) is 5.75 Å². The monoisotopic (exact) mass is 438 g/mol. The molecule has 0 spiro atoms. The van der Waals surface area contributed by atoms with Crippen LogP contribution in [-0.4, -0.2) is 37.7 Å². The Labute approximate surface area is 190 Å². The quantitative estimate of drug-likeness (QED) is 0.526. The fourth-order valence-corrected chi connectivity index (χ4v) is 3.75. The van der Waals surface area contributed by atoms with Gasteiger partial charge in [-0.2, -0.15) is 0 Å². The molecule has 1 aliphatic heterocycles. The third kappa shape index (κ3) is 6.15. The van der Waals surface area contributed by atoms with Gasteiger partial charge in [-0.15, -0.1) is 0 Å². The molecule has 1 aliphatic rings. The van der Waals surface area contributed by atoms with Crippen molar-refractivity contribution >= 4 is 29.0 Å². The lowest BCUT2D eigenvalue weighted by atomic mass is 10.1. The number of benzene rings is 2. The van der Waals surface area contributed by atoms with E-state index < -0.39 is 6.03 Å². The van der Waals surface area contributed by atoms with Crippen LogP contribution in [0.2, 0.25) is 0 Å². The molecule has 3 amide bonds. The molecule has 32 heavy (non-hydrogen) atoms. The van der Waals surface area contributed by atoms with Gasteiger partial charge in [-0.05, 0) is 69.9 Å². The molecule has 0 aromatic heterocycles. The number of anilines is 3. The third-order valence-electron chi connectivity index (χ3n) is 5.62. The molecular formula is C25H34N4O3. The summed E-state index contributed by atoms with van der Waals surface area (Å²) in [4.78, 5) is 27.9. The predicted octanol–water partition coefficient (Wildman–Crippen LogP) is 5.25. The Morgan fingerprint density at radius 1 is 1.03 bits per heavy atom. The standard InChI is InChI=1S/C25H34N4O3/c1-4-18(3)26-24(30)20-17-19(13-14-22(20)29-15-9-6-10-16-29)27-25(31)28-21-11-7-8-12-23(21)32-5-2/h7-8,11-14,17-18H,4-6,9-10,15-16H2,1-3H3,(H,26,30)(H2,27,28,31). The molecule has 1 unspecified atom stereocenters. The Balaban J connectivity index is 1.80. The van der Waals surface area contributed by atoms with Gasteiger partial charge in [0.2, 0.25) is 0 Å². The number of nitrogens with one attached hydrogen (secondary N) is 3. The van der Waals surface area contributed by atoms with Crippen LogP contribution in [0.25, 0.3) is 0 Å². The first-order valence-corrected chi connectivity index (χ1v) is 11.5. The first-order chi connectivity index (χ1) is 15.5. The molecule has 1 heterocycles. The summed E-state index contributed by atoms with van der Waals surface area (Å²) in [5.74, 6) is 0.491. The van der Waals surface area contributed by atoms with Crippen LogP contribution in [-0.2, 0) is 0 Å². The second-order valence-corrected chi connectivity index (χ2v) is 8.07. The molecule has 2 aromatic rings. The number of carbonyl (C=O) groups is 2. The number of nitrogens with zero attached hydrogens (tertiary/aromatic N) is 1. The van der Waals surface area contributed by atoms with Crippen molar-refractivity contribution in [3.8, 4) is 5.75 Å². The molecule has 0 saturated carbocycles. The SMILES string of the molecule is CCOc1ccccc1NC(=O)Nc1ccc(N2CCCCC2)c(C(=O)NC(C)CC)c1. The second kappa shape index (κ2) is 11.4. The zero-order valence-electron chi connectivity index (χ0n) is 19.2. The lowest BCUT2D eigenvalue weighted by molar-refractivity contribution is 0.0939. The van der Waals surface area contributed by atoms with Crippen molar-refractivity contribution in [2.75, 3.05) is 35.2 Å². The molecular weight excluding hydrogens is 404 g/mol. The van der Waals surface area contributed by atoms with Crippen molar-refractivity contribution in [2.24, 2.45) is 0 Å². The van der Waals surface area contributed by atoms with Gasteiger partial charge in [0, 0.05) is 30.5 Å². The van der Waals surface area contributed by atoms with Crippen LogP contribution in [0.4, 0.5) is 21.9 Å². The maximum Gasteiger partial charge on any atom is 0.323 e. The fraction of sp³-hybridized carbons (Fsp3) is 0.440. The highest BCUT2D eigenvalue weighted by Gasteiger charge is 2.20. The van der Waals surface area contributed by atoms with E-state index in [9.17, 15) is 9.59 Å². The van der Waals surface area contributed by atoms with E-state index in [4.69, 9.17) is 4.74 Å². The Morgan fingerprint density at radius 2 is 1.78 bits per heavy atom. The fourth-order valence-electron chi connectivity index (χ4n) is 3.75. The predicted molar refractivity (Wildman–Crippen MR) is 130 cm³/mol. The molecule has 3 rings (SSSR count). The van der Waals surface area contributed by atoms with E-state index in [2.05, 4.69) is 20.9 Å². The lowest BCUT2D eigenvalue weighted by Gasteiger charge is -2.31. The first-order valence-electron chi connectivity index (χ1n) is 11.5. The van der Waals surface area contributed by atoms with Gasteiger partial charge in [-0.1, -0.05) is 19.1 Å². The lowest BCUT2D eigenvalue weighted by Crippen LogP contribution is -2.35. The molecule has 0 bridgehead atoms. The molecule has 7 nitrogen and oxygen atoms in total. The number of hydrogen-bond donors (Lipinski definition) is 3. The zero-order chi connectivity index (χ0) is 22.9. The molecule has 3 N–H and O–H groups in total. The van der Waals surface area contributed by atoms with Crippen LogP contribution < -0.4 is 25.6 Å². The van der Waals surface area contributed by atoms with Crippen LogP contribution in [0.15, 0.2) is 42.5 Å². The van der Waals surface area contributed by atoms with Crippen molar-refractivity contribution in [3.05, 3.63) is 48.0 Å². The molecule has 172 valence electrons. The number of carbonyl (C=O) groups excluding carboxylic acids is 2. The largest absolute Gasteiger partial charge is 0.492 e. The van der Waals surface area contributed by atoms with Crippen LogP contribution in [0, 0.1) is 0 Å². The van der Waals surface area contributed by atoms with Crippen molar-refractivity contribution in [3.63, 3.8) is 0 Å². The Morgan fingerprint density at radius 3 is 2.50 bits per heavy atom. The number of ether oxygens (including phenoxy) is 1. The highest BCUT2D eigenvalue weighted by molar-refractivity contribution is 6.04. The summed E-state index contributed by atoms with van der Waals surface area (Å²) in [5, 5.41) is 8.73. The topological polar surface area (TPSA) is 82.7 Å². The Kier molecular flexibility index (Phi) is 8.36. The van der Waals surface area contributed by atoms with Gasteiger partial charge in [0.25, 0.3) is 5.91 Å². The first kappa shape index (κ1) is 23.4. The van der Waals surface area contributed by atoms with Crippen molar-refractivity contribution in [1.29, 1.82) is 0 Å². The summed E-state index contributed by atoms with van der Waals surface area (Å²) in [5.41, 5.74) is 2.65. The maximum absolute atomic E-state index is 13.0. The van der Waals surface area contributed by atoms with Crippen molar-refractivity contribution < 1.29 is 14.3 Å². The number of para-hydroxylation sites is 2. The number of piperidine rings is 1. The summed E-state index contributed by atoms with van der Waals surface area (Å²) in [7, 11) is 0. The normalized spacial score (nSPS) is 14.4. The average molecular weight is 439 g/mol. The van der Waals surface area contributed by atoms with E-state index in [1.807, 2.05) is 51.1 Å². The summed E-state index contributed by atoms with van der Waals surface area (Å²) in [6.07, 6.45) is 4.31. The molecule has 1 atom stereocenters. The van der Waals surface area contributed by atoms with E-state index >= 15 is 0 Å². The highest BCUT2D eigenvalue weighted by Crippen LogP contribution is 2.28. The third-order valence-corrected chi connectivity index (χ3v) is 5.62. The van der Waals surface area contributed by atoms with Gasteiger partial charge in [0.15, 0.2) is 0 Å². The Bertz CT molecular complexity index is 925. The molecule has 0 aliphatic carbocycles. The van der Waals surface area contributed by atoms with Crippen molar-refractivity contribution in [1.82, 2.24) is 5.32 Å². The molecule has 7 heteroatoms. The van der Waals surface area contributed by atoms with Crippen LogP contribution in [0.1, 0.15) is 56.8 Å². The minimum atomic E-state index is -0.392. The van der Waals surface area contributed by atoms with E-state index in [0.717, 1.165) is 38.0 Å². The molecule has 1 fully saturated rings. The number of urea groups is 1. The molecule has 1 saturated heterocycles. The van der Waals surface area contributed by atoms with Gasteiger partial charge in [0.1, 0.15) is 5.75 Å². The summed E-state index contributed by atoms with van der Waals surface area (Å²) in [6.45, 7) is 8.30. The van der Waals surface area contributed by atoms with Gasteiger partial charge in [0.05, 0.1) is 17.9 Å². The summed E-state index contributed by atoms with van der Waals surface area (Å²) in [6, 6.07) is 12.5.